The third-order valence-corrected chi connectivity index (χ3v) is 2.16. The van der Waals surface area contributed by atoms with E-state index >= 15 is 0 Å². The second kappa shape index (κ2) is 9.71. The van der Waals surface area contributed by atoms with Crippen molar-refractivity contribution in [2.24, 2.45) is 0 Å². The first-order valence-electron chi connectivity index (χ1n) is 5.75. The molecule has 0 saturated carbocycles. The summed E-state index contributed by atoms with van der Waals surface area (Å²) in [5.41, 5.74) is 0. The lowest BCUT2D eigenvalue weighted by Crippen LogP contribution is -2.19. The van der Waals surface area contributed by atoms with Crippen LogP contribution in [-0.2, 0) is 9.53 Å². The zero-order valence-electron chi connectivity index (χ0n) is 9.74. The highest BCUT2D eigenvalue weighted by Gasteiger charge is 2.11. The van der Waals surface area contributed by atoms with Crippen molar-refractivity contribution in [2.75, 3.05) is 0 Å². The molecule has 0 bridgehead atoms. The van der Waals surface area contributed by atoms with Crippen LogP contribution in [0.4, 0.5) is 0 Å². The van der Waals surface area contributed by atoms with Crippen LogP contribution in [0, 0.1) is 0 Å². The maximum absolute atomic E-state index is 11.0. The normalized spacial score (nSPS) is 13.0. The van der Waals surface area contributed by atoms with Crippen LogP contribution in [0.25, 0.3) is 0 Å². The molecule has 0 spiro atoms. The van der Waals surface area contributed by atoms with Crippen molar-refractivity contribution in [1.29, 1.82) is 0 Å². The van der Waals surface area contributed by atoms with Gasteiger partial charge in [-0.25, -0.2) is 4.79 Å². The highest BCUT2D eigenvalue weighted by atomic mass is 16.5. The summed E-state index contributed by atoms with van der Waals surface area (Å²) < 4.78 is 4.73. The summed E-state index contributed by atoms with van der Waals surface area (Å²) >= 11 is 0. The van der Waals surface area contributed by atoms with Gasteiger partial charge >= 0.3 is 5.97 Å². The molecule has 0 aliphatic heterocycles. The van der Waals surface area contributed by atoms with Crippen molar-refractivity contribution in [3.8, 4) is 0 Å². The summed E-state index contributed by atoms with van der Waals surface area (Å²) in [7, 11) is 0. The van der Waals surface area contributed by atoms with Gasteiger partial charge < -0.3 is 9.84 Å². The Morgan fingerprint density at radius 2 is 2.07 bits per heavy atom. The van der Waals surface area contributed by atoms with Crippen molar-refractivity contribution in [2.45, 2.75) is 58.5 Å². The monoisotopic (exact) mass is 214 g/mol. The highest BCUT2D eigenvalue weighted by molar-refractivity contribution is 5.74. The number of aliphatic hydroxyl groups excluding tert-OH is 1. The highest BCUT2D eigenvalue weighted by Crippen LogP contribution is 2.03. The van der Waals surface area contributed by atoms with Gasteiger partial charge in [0.1, 0.15) is 0 Å². The van der Waals surface area contributed by atoms with Gasteiger partial charge in [-0.3, -0.25) is 0 Å². The lowest BCUT2D eigenvalue weighted by molar-refractivity contribution is -0.147. The Balaban J connectivity index is 3.41. The molecule has 0 amide bonds. The van der Waals surface area contributed by atoms with Gasteiger partial charge in [0.05, 0.1) is 6.26 Å². The molecule has 0 aliphatic rings. The lowest BCUT2D eigenvalue weighted by atomic mass is 10.1. The van der Waals surface area contributed by atoms with Crippen molar-refractivity contribution >= 4 is 5.97 Å². The number of hydrogen-bond acceptors (Lipinski definition) is 3. The second-order valence-electron chi connectivity index (χ2n) is 3.58. The minimum atomic E-state index is -0.991. The topological polar surface area (TPSA) is 46.5 Å². The Kier molecular flexibility index (Phi) is 9.18. The summed E-state index contributed by atoms with van der Waals surface area (Å²) in [6.45, 7) is 3.91. The van der Waals surface area contributed by atoms with Gasteiger partial charge in [0.15, 0.2) is 6.10 Å². The third-order valence-electron chi connectivity index (χ3n) is 2.16. The molecule has 0 aromatic carbocycles. The molecule has 0 heterocycles. The summed E-state index contributed by atoms with van der Waals surface area (Å²) in [5, 5.41) is 9.09. The molecule has 15 heavy (non-hydrogen) atoms. The molecule has 1 atom stereocenters. The van der Waals surface area contributed by atoms with Crippen molar-refractivity contribution < 1.29 is 14.6 Å². The van der Waals surface area contributed by atoms with E-state index in [-0.39, 0.29) is 0 Å². The van der Waals surface area contributed by atoms with E-state index in [4.69, 9.17) is 9.84 Å². The van der Waals surface area contributed by atoms with E-state index in [0.29, 0.717) is 6.42 Å². The predicted octanol–water partition coefficient (Wildman–Crippen LogP) is 2.78. The number of carbonyl (C=O) groups is 1. The molecule has 0 saturated heterocycles. The number of hydrogen-bond donors (Lipinski definition) is 1. The molecule has 3 heteroatoms. The summed E-state index contributed by atoms with van der Waals surface area (Å²) in [4.78, 5) is 11.0. The van der Waals surface area contributed by atoms with Gasteiger partial charge in [0.2, 0.25) is 0 Å². The number of ether oxygens (including phenoxy) is 1. The van der Waals surface area contributed by atoms with Crippen molar-refractivity contribution in [1.82, 2.24) is 0 Å². The lowest BCUT2D eigenvalue weighted by Gasteiger charge is -2.03. The smallest absolute Gasteiger partial charge is 0.339 e. The Morgan fingerprint density at radius 3 is 2.67 bits per heavy atom. The molecule has 0 aromatic rings. The zero-order valence-corrected chi connectivity index (χ0v) is 9.74. The van der Waals surface area contributed by atoms with Gasteiger partial charge in [0.25, 0.3) is 0 Å². The molecule has 0 aromatic heterocycles. The first-order chi connectivity index (χ1) is 7.22. The van der Waals surface area contributed by atoms with Crippen molar-refractivity contribution in [3.63, 3.8) is 0 Å². The van der Waals surface area contributed by atoms with Crippen LogP contribution < -0.4 is 0 Å². The molecule has 88 valence electrons. The number of esters is 1. The first kappa shape index (κ1) is 14.2. The van der Waals surface area contributed by atoms with E-state index in [1.54, 1.807) is 6.92 Å². The fourth-order valence-electron chi connectivity index (χ4n) is 1.12. The fourth-order valence-corrected chi connectivity index (χ4v) is 1.12. The SMILES string of the molecule is CCCCCCC=COC(=O)C(O)CC. The van der Waals surface area contributed by atoms with Gasteiger partial charge in [-0.15, -0.1) is 0 Å². The van der Waals surface area contributed by atoms with E-state index in [1.165, 1.54) is 25.5 Å². The van der Waals surface area contributed by atoms with Gasteiger partial charge in [-0.1, -0.05) is 33.1 Å². The summed E-state index contributed by atoms with van der Waals surface area (Å²) in [6, 6.07) is 0. The molecular weight excluding hydrogens is 192 g/mol. The second-order valence-corrected chi connectivity index (χ2v) is 3.58. The van der Waals surface area contributed by atoms with E-state index in [0.717, 1.165) is 12.8 Å². The van der Waals surface area contributed by atoms with Crippen LogP contribution in [0.2, 0.25) is 0 Å². The van der Waals surface area contributed by atoms with Gasteiger partial charge in [-0.2, -0.15) is 0 Å². The van der Waals surface area contributed by atoms with Crippen LogP contribution in [0.1, 0.15) is 52.4 Å². The average molecular weight is 214 g/mol. The number of allylic oxidation sites excluding steroid dienone is 1. The van der Waals surface area contributed by atoms with E-state index in [1.807, 2.05) is 6.08 Å². The van der Waals surface area contributed by atoms with Crippen LogP contribution in [0.3, 0.4) is 0 Å². The number of rotatable bonds is 8. The maximum atomic E-state index is 11.0. The predicted molar refractivity (Wildman–Crippen MR) is 60.3 cm³/mol. The van der Waals surface area contributed by atoms with Crippen LogP contribution >= 0.6 is 0 Å². The number of aliphatic hydroxyl groups is 1. The van der Waals surface area contributed by atoms with Gasteiger partial charge in [-0.05, 0) is 25.3 Å². The Labute approximate surface area is 92.1 Å². The van der Waals surface area contributed by atoms with Crippen LogP contribution in [0.15, 0.2) is 12.3 Å². The van der Waals surface area contributed by atoms with E-state index in [2.05, 4.69) is 6.92 Å². The first-order valence-corrected chi connectivity index (χ1v) is 5.75. The maximum Gasteiger partial charge on any atom is 0.339 e. The minimum absolute atomic E-state index is 0.392. The molecule has 3 nitrogen and oxygen atoms in total. The van der Waals surface area contributed by atoms with Crippen LogP contribution in [0.5, 0.6) is 0 Å². The quantitative estimate of drug-likeness (QED) is 0.384. The minimum Gasteiger partial charge on any atom is -0.433 e. The number of carbonyl (C=O) groups excluding carboxylic acids is 1. The molecule has 1 N–H and O–H groups in total. The van der Waals surface area contributed by atoms with Crippen LogP contribution in [-0.4, -0.2) is 17.2 Å². The molecule has 0 radical (unpaired) electrons. The van der Waals surface area contributed by atoms with Crippen molar-refractivity contribution in [3.05, 3.63) is 12.3 Å². The Bertz CT molecular complexity index is 187. The molecule has 0 fully saturated rings. The summed E-state index contributed by atoms with van der Waals surface area (Å²) in [5.74, 6) is -0.567. The third kappa shape index (κ3) is 8.18. The standard InChI is InChI=1S/C12H22O3/c1-3-5-6-7-8-9-10-15-12(14)11(13)4-2/h9-11,13H,3-8H2,1-2H3. The molecule has 1 unspecified atom stereocenters. The average Bonchev–Trinajstić information content (AvgIpc) is 2.26. The van der Waals surface area contributed by atoms with E-state index in [9.17, 15) is 4.79 Å². The molecule has 0 aliphatic carbocycles. The molecular formula is C12H22O3. The van der Waals surface area contributed by atoms with Gasteiger partial charge in [0, 0.05) is 0 Å². The fraction of sp³-hybridized carbons (Fsp3) is 0.750. The number of unbranched alkanes of at least 4 members (excludes halogenated alkanes) is 4. The Hall–Kier alpha value is -0.830. The Morgan fingerprint density at radius 1 is 1.33 bits per heavy atom. The van der Waals surface area contributed by atoms with E-state index < -0.39 is 12.1 Å². The summed E-state index contributed by atoms with van der Waals surface area (Å²) in [6.07, 6.45) is 8.35. The zero-order chi connectivity index (χ0) is 11.5. The molecule has 0 rings (SSSR count). The largest absolute Gasteiger partial charge is 0.433 e.